The second kappa shape index (κ2) is 8.33. The van der Waals surface area contributed by atoms with Gasteiger partial charge in [0, 0.05) is 22.1 Å². The number of carbonyl (C=O) groups excluding carboxylic acids is 2. The molecule has 0 radical (unpaired) electrons. The predicted molar refractivity (Wildman–Crippen MR) is 103 cm³/mol. The van der Waals surface area contributed by atoms with E-state index in [2.05, 4.69) is 37.2 Å². The molecule has 1 amide bonds. The van der Waals surface area contributed by atoms with Crippen molar-refractivity contribution in [3.8, 4) is 5.75 Å². The first-order chi connectivity index (χ1) is 12.5. The first-order valence-electron chi connectivity index (χ1n) is 7.61. The summed E-state index contributed by atoms with van der Waals surface area (Å²) in [5.74, 6) is -0.416. The number of nitrogens with one attached hydrogen (secondary N) is 1. The number of hydrogen-bond acceptors (Lipinski definition) is 4. The van der Waals surface area contributed by atoms with Crippen LogP contribution in [0.15, 0.2) is 74.2 Å². The number of benzene rings is 2. The van der Waals surface area contributed by atoms with E-state index < -0.39 is 5.97 Å². The van der Waals surface area contributed by atoms with Gasteiger partial charge < -0.3 is 14.5 Å². The molecule has 0 aliphatic rings. The highest BCUT2D eigenvalue weighted by molar-refractivity contribution is 9.11. The van der Waals surface area contributed by atoms with Gasteiger partial charge in [-0.2, -0.15) is 0 Å². The highest BCUT2D eigenvalue weighted by Crippen LogP contribution is 2.33. The number of carbonyl (C=O) groups is 2. The summed E-state index contributed by atoms with van der Waals surface area (Å²) >= 11 is 6.79. The van der Waals surface area contributed by atoms with E-state index >= 15 is 0 Å². The Labute approximate surface area is 166 Å². The Morgan fingerprint density at radius 3 is 2.50 bits per heavy atom. The van der Waals surface area contributed by atoms with E-state index in [4.69, 9.17) is 9.15 Å². The lowest BCUT2D eigenvalue weighted by Gasteiger charge is -2.13. The Morgan fingerprint density at radius 2 is 1.81 bits per heavy atom. The minimum absolute atomic E-state index is 0.0964. The maximum atomic E-state index is 12.3. The molecule has 1 heterocycles. The molecule has 2 aromatic carbocycles. The number of halogens is 2. The molecule has 0 unspecified atom stereocenters. The SMILES string of the molecule is O=C(NCc1cc(Br)cc(Br)c1OC(=O)c1ccco1)c1ccccc1. The van der Waals surface area contributed by atoms with Crippen molar-refractivity contribution >= 4 is 43.7 Å². The Kier molecular flexibility index (Phi) is 5.90. The summed E-state index contributed by atoms with van der Waals surface area (Å²) in [4.78, 5) is 24.4. The lowest BCUT2D eigenvalue weighted by molar-refractivity contribution is 0.0698. The molecule has 3 aromatic rings. The van der Waals surface area contributed by atoms with Gasteiger partial charge >= 0.3 is 5.97 Å². The predicted octanol–water partition coefficient (Wildman–Crippen LogP) is 4.95. The zero-order chi connectivity index (χ0) is 18.5. The van der Waals surface area contributed by atoms with Gasteiger partial charge in [-0.3, -0.25) is 4.79 Å². The highest BCUT2D eigenvalue weighted by atomic mass is 79.9. The monoisotopic (exact) mass is 477 g/mol. The van der Waals surface area contributed by atoms with Crippen LogP contribution in [0.1, 0.15) is 26.5 Å². The van der Waals surface area contributed by atoms with Crippen LogP contribution in [0.5, 0.6) is 5.75 Å². The van der Waals surface area contributed by atoms with E-state index in [9.17, 15) is 9.59 Å². The van der Waals surface area contributed by atoms with Crippen molar-refractivity contribution in [2.24, 2.45) is 0 Å². The van der Waals surface area contributed by atoms with E-state index in [0.29, 0.717) is 21.3 Å². The molecule has 0 atom stereocenters. The summed E-state index contributed by atoms with van der Waals surface area (Å²) in [6.07, 6.45) is 1.40. The summed E-state index contributed by atoms with van der Waals surface area (Å²) in [6, 6.07) is 15.5. The molecule has 132 valence electrons. The number of ether oxygens (including phenoxy) is 1. The van der Waals surface area contributed by atoms with Gasteiger partial charge in [-0.25, -0.2) is 4.79 Å². The minimum atomic E-state index is -0.617. The number of furan rings is 1. The third-order valence-electron chi connectivity index (χ3n) is 3.48. The van der Waals surface area contributed by atoms with Crippen molar-refractivity contribution in [1.29, 1.82) is 0 Å². The van der Waals surface area contributed by atoms with Crippen LogP contribution < -0.4 is 10.1 Å². The van der Waals surface area contributed by atoms with Crippen molar-refractivity contribution in [3.63, 3.8) is 0 Å². The van der Waals surface area contributed by atoms with Crippen LogP contribution in [0.2, 0.25) is 0 Å². The molecule has 3 rings (SSSR count). The summed E-state index contributed by atoms with van der Waals surface area (Å²) in [7, 11) is 0. The molecule has 1 aromatic heterocycles. The Morgan fingerprint density at radius 1 is 1.04 bits per heavy atom. The summed E-state index contributed by atoms with van der Waals surface area (Å²) in [6.45, 7) is 0.187. The smallest absolute Gasteiger partial charge is 0.379 e. The van der Waals surface area contributed by atoms with Crippen LogP contribution in [-0.2, 0) is 6.54 Å². The van der Waals surface area contributed by atoms with Gasteiger partial charge in [0.15, 0.2) is 5.75 Å². The number of rotatable bonds is 5. The van der Waals surface area contributed by atoms with Gasteiger partial charge in [-0.05, 0) is 52.3 Å². The number of amides is 1. The molecule has 0 saturated heterocycles. The largest absolute Gasteiger partial charge is 0.457 e. The molecular weight excluding hydrogens is 466 g/mol. The quantitative estimate of drug-likeness (QED) is 0.416. The molecule has 7 heteroatoms. The maximum absolute atomic E-state index is 12.3. The standard InChI is InChI=1S/C19H13Br2NO4/c20-14-9-13(11-22-18(23)12-5-2-1-3-6-12)17(15(21)10-14)26-19(24)16-7-4-8-25-16/h1-10H,11H2,(H,22,23). The summed E-state index contributed by atoms with van der Waals surface area (Å²) in [5, 5.41) is 2.82. The van der Waals surface area contributed by atoms with Crippen LogP contribution in [0.4, 0.5) is 0 Å². The Balaban J connectivity index is 1.80. The molecule has 5 nitrogen and oxygen atoms in total. The van der Waals surface area contributed by atoms with Gasteiger partial charge in [0.05, 0.1) is 10.7 Å². The van der Waals surface area contributed by atoms with Crippen molar-refractivity contribution < 1.29 is 18.7 Å². The molecule has 26 heavy (non-hydrogen) atoms. The normalized spacial score (nSPS) is 10.4. The zero-order valence-corrected chi connectivity index (χ0v) is 16.5. The van der Waals surface area contributed by atoms with Gasteiger partial charge in [-0.1, -0.05) is 34.1 Å². The second-order valence-corrected chi connectivity index (χ2v) is 7.06. The first-order valence-corrected chi connectivity index (χ1v) is 9.20. The van der Waals surface area contributed by atoms with E-state index in [1.807, 2.05) is 6.07 Å². The zero-order valence-electron chi connectivity index (χ0n) is 13.4. The average molecular weight is 479 g/mol. The van der Waals surface area contributed by atoms with Crippen LogP contribution in [0.25, 0.3) is 0 Å². The average Bonchev–Trinajstić information content (AvgIpc) is 3.17. The molecular formula is C19H13Br2NO4. The van der Waals surface area contributed by atoms with Gasteiger partial charge in [-0.15, -0.1) is 0 Å². The van der Waals surface area contributed by atoms with Crippen molar-refractivity contribution in [3.05, 3.63) is 86.7 Å². The lowest BCUT2D eigenvalue weighted by atomic mass is 10.1. The van der Waals surface area contributed by atoms with Crippen molar-refractivity contribution in [2.45, 2.75) is 6.54 Å². The van der Waals surface area contributed by atoms with Gasteiger partial charge in [0.2, 0.25) is 5.76 Å². The molecule has 1 N–H and O–H groups in total. The fraction of sp³-hybridized carbons (Fsp3) is 0.0526. The highest BCUT2D eigenvalue weighted by Gasteiger charge is 2.18. The minimum Gasteiger partial charge on any atom is -0.457 e. The summed E-state index contributed by atoms with van der Waals surface area (Å²) in [5.41, 5.74) is 1.19. The molecule has 0 bridgehead atoms. The fourth-order valence-corrected chi connectivity index (χ4v) is 3.66. The van der Waals surface area contributed by atoms with E-state index in [1.165, 1.54) is 12.3 Å². The number of hydrogen-bond donors (Lipinski definition) is 1. The van der Waals surface area contributed by atoms with Gasteiger partial charge in [0.1, 0.15) is 0 Å². The van der Waals surface area contributed by atoms with Crippen LogP contribution in [0.3, 0.4) is 0 Å². The van der Waals surface area contributed by atoms with E-state index in [-0.39, 0.29) is 18.2 Å². The van der Waals surface area contributed by atoms with Crippen LogP contribution in [0, 0.1) is 0 Å². The number of esters is 1. The van der Waals surface area contributed by atoms with Crippen LogP contribution >= 0.6 is 31.9 Å². The molecule has 0 fully saturated rings. The van der Waals surface area contributed by atoms with Crippen LogP contribution in [-0.4, -0.2) is 11.9 Å². The third kappa shape index (κ3) is 4.42. The molecule has 0 spiro atoms. The van der Waals surface area contributed by atoms with Crippen molar-refractivity contribution in [1.82, 2.24) is 5.32 Å². The summed E-state index contributed by atoms with van der Waals surface area (Å²) < 4.78 is 11.9. The Bertz CT molecular complexity index is 924. The second-order valence-electron chi connectivity index (χ2n) is 5.29. The fourth-order valence-electron chi connectivity index (χ4n) is 2.26. The molecule has 0 saturated carbocycles. The lowest BCUT2D eigenvalue weighted by Crippen LogP contribution is -2.23. The third-order valence-corrected chi connectivity index (χ3v) is 4.52. The van der Waals surface area contributed by atoms with E-state index in [0.717, 1.165) is 4.47 Å². The molecule has 0 aliphatic heterocycles. The van der Waals surface area contributed by atoms with E-state index in [1.54, 1.807) is 42.5 Å². The van der Waals surface area contributed by atoms with Gasteiger partial charge in [0.25, 0.3) is 5.91 Å². The van der Waals surface area contributed by atoms with Crippen molar-refractivity contribution in [2.75, 3.05) is 0 Å². The Hall–Kier alpha value is -2.38. The maximum Gasteiger partial charge on any atom is 0.379 e. The first kappa shape index (κ1) is 18.4. The topological polar surface area (TPSA) is 68.5 Å². The molecule has 0 aliphatic carbocycles.